The SMILES string of the molecule is C[C@]12CCC(=O)C=C1CC[C@@H]1C2CC[C@@]2(C)C1CC[C@@H]2OC(=O)CCC1CCCC1.Cl. The van der Waals surface area contributed by atoms with Crippen molar-refractivity contribution in [3.8, 4) is 0 Å². The normalized spacial score (nSPS) is 42.1. The maximum Gasteiger partial charge on any atom is 0.306 e. The molecule has 0 N–H and O–H groups in total. The quantitative estimate of drug-likeness (QED) is 0.443. The topological polar surface area (TPSA) is 43.4 Å². The zero-order valence-electron chi connectivity index (χ0n) is 19.5. The fourth-order valence-electron chi connectivity index (χ4n) is 8.54. The Labute approximate surface area is 194 Å². The summed E-state index contributed by atoms with van der Waals surface area (Å²) in [5.74, 6) is 3.28. The number of ether oxygens (including phenoxy) is 1. The second-order valence-electron chi connectivity index (χ2n) is 11.8. The lowest BCUT2D eigenvalue weighted by Crippen LogP contribution is -2.51. The van der Waals surface area contributed by atoms with Crippen LogP contribution in [0.25, 0.3) is 0 Å². The lowest BCUT2D eigenvalue weighted by Gasteiger charge is -2.57. The monoisotopic (exact) mass is 448 g/mol. The van der Waals surface area contributed by atoms with E-state index in [1.807, 2.05) is 6.08 Å². The third-order valence-corrected chi connectivity index (χ3v) is 10.4. The molecule has 2 unspecified atom stereocenters. The number of hydrogen-bond donors (Lipinski definition) is 0. The first-order chi connectivity index (χ1) is 14.4. The molecule has 31 heavy (non-hydrogen) atoms. The largest absolute Gasteiger partial charge is 0.462 e. The highest BCUT2D eigenvalue weighted by atomic mass is 35.5. The van der Waals surface area contributed by atoms with Crippen molar-refractivity contribution in [3.63, 3.8) is 0 Å². The molecule has 5 aliphatic rings. The van der Waals surface area contributed by atoms with E-state index in [4.69, 9.17) is 4.74 Å². The second-order valence-corrected chi connectivity index (χ2v) is 11.8. The number of fused-ring (bicyclic) bond motifs is 5. The first-order valence-electron chi connectivity index (χ1n) is 12.8. The maximum atomic E-state index is 12.7. The third kappa shape index (κ3) is 4.02. The Hall–Kier alpha value is -0.830. The van der Waals surface area contributed by atoms with E-state index in [1.165, 1.54) is 56.9 Å². The molecule has 0 heterocycles. The molecule has 0 spiro atoms. The molecule has 4 saturated carbocycles. The van der Waals surface area contributed by atoms with Crippen molar-refractivity contribution >= 4 is 24.2 Å². The second kappa shape index (κ2) is 8.84. The Kier molecular flexibility index (Phi) is 6.65. The molecule has 0 saturated heterocycles. The minimum atomic E-state index is 0. The number of ketones is 1. The number of hydrogen-bond acceptors (Lipinski definition) is 3. The molecule has 0 aromatic rings. The van der Waals surface area contributed by atoms with Gasteiger partial charge in [-0.05, 0) is 86.5 Å². The zero-order chi connectivity index (χ0) is 20.9. The third-order valence-electron chi connectivity index (χ3n) is 10.4. The van der Waals surface area contributed by atoms with Gasteiger partial charge in [0, 0.05) is 18.3 Å². The van der Waals surface area contributed by atoms with Crippen molar-refractivity contribution in [2.45, 2.75) is 110 Å². The van der Waals surface area contributed by atoms with Crippen LogP contribution in [0.5, 0.6) is 0 Å². The van der Waals surface area contributed by atoms with E-state index in [-0.39, 0.29) is 35.3 Å². The van der Waals surface area contributed by atoms with E-state index in [0.29, 0.717) is 24.0 Å². The van der Waals surface area contributed by atoms with Gasteiger partial charge in [-0.2, -0.15) is 0 Å². The van der Waals surface area contributed by atoms with Crippen LogP contribution in [-0.4, -0.2) is 17.9 Å². The molecular weight excluding hydrogens is 408 g/mol. The summed E-state index contributed by atoms with van der Waals surface area (Å²) in [6, 6.07) is 0. The molecule has 4 fully saturated rings. The van der Waals surface area contributed by atoms with E-state index in [9.17, 15) is 9.59 Å². The number of allylic oxidation sites excluding steroid dienone is 1. The fraction of sp³-hybridized carbons (Fsp3) is 0.852. The van der Waals surface area contributed by atoms with E-state index in [1.54, 1.807) is 0 Å². The van der Waals surface area contributed by atoms with Crippen molar-refractivity contribution in [2.24, 2.45) is 34.5 Å². The van der Waals surface area contributed by atoms with Gasteiger partial charge in [-0.15, -0.1) is 12.4 Å². The van der Waals surface area contributed by atoms with E-state index < -0.39 is 0 Å². The van der Waals surface area contributed by atoms with Gasteiger partial charge >= 0.3 is 5.97 Å². The van der Waals surface area contributed by atoms with E-state index in [2.05, 4.69) is 13.8 Å². The number of esters is 1. The van der Waals surface area contributed by atoms with Crippen molar-refractivity contribution in [3.05, 3.63) is 11.6 Å². The first kappa shape index (κ1) is 23.3. The molecule has 5 rings (SSSR count). The highest BCUT2D eigenvalue weighted by molar-refractivity contribution is 5.91. The molecular formula is C27H41ClO3. The van der Waals surface area contributed by atoms with Crippen LogP contribution in [0, 0.1) is 34.5 Å². The molecule has 0 aliphatic heterocycles. The summed E-state index contributed by atoms with van der Waals surface area (Å²) in [4.78, 5) is 24.7. The van der Waals surface area contributed by atoms with Crippen LogP contribution < -0.4 is 0 Å². The maximum absolute atomic E-state index is 12.7. The van der Waals surface area contributed by atoms with Crippen molar-refractivity contribution in [1.29, 1.82) is 0 Å². The molecule has 0 amide bonds. The van der Waals surface area contributed by atoms with Gasteiger partial charge in [0.05, 0.1) is 0 Å². The standard InChI is InChI=1S/C27H40O3.ClH/c1-26-15-13-20(28)17-19(26)8-9-21-22-10-11-24(27(22,2)16-14-23(21)26)30-25(29)12-7-18-5-3-4-6-18;/h17-18,21-24H,3-16H2,1-2H3;1H/t21-,22?,23?,24-,26-,27-;/m0./s1. The summed E-state index contributed by atoms with van der Waals surface area (Å²) in [5, 5.41) is 0. The molecule has 4 heteroatoms. The molecule has 0 radical (unpaired) electrons. The minimum Gasteiger partial charge on any atom is -0.462 e. The predicted molar refractivity (Wildman–Crippen MR) is 125 cm³/mol. The summed E-state index contributed by atoms with van der Waals surface area (Å²) < 4.78 is 6.17. The molecule has 5 aliphatic carbocycles. The number of carbonyl (C=O) groups excluding carboxylic acids is 2. The van der Waals surface area contributed by atoms with Gasteiger partial charge in [-0.25, -0.2) is 0 Å². The van der Waals surface area contributed by atoms with E-state index in [0.717, 1.165) is 43.9 Å². The number of rotatable bonds is 4. The smallest absolute Gasteiger partial charge is 0.306 e. The van der Waals surface area contributed by atoms with Gasteiger partial charge in [0.15, 0.2) is 5.78 Å². The van der Waals surface area contributed by atoms with Crippen LogP contribution in [0.1, 0.15) is 104 Å². The van der Waals surface area contributed by atoms with Crippen molar-refractivity contribution in [2.75, 3.05) is 0 Å². The fourth-order valence-corrected chi connectivity index (χ4v) is 8.54. The summed E-state index contributed by atoms with van der Waals surface area (Å²) in [7, 11) is 0. The zero-order valence-corrected chi connectivity index (χ0v) is 20.3. The van der Waals surface area contributed by atoms with Gasteiger partial charge in [0.1, 0.15) is 6.10 Å². The van der Waals surface area contributed by atoms with Crippen molar-refractivity contribution in [1.82, 2.24) is 0 Å². The molecule has 3 nitrogen and oxygen atoms in total. The molecule has 6 atom stereocenters. The van der Waals surface area contributed by atoms with Gasteiger partial charge in [0.25, 0.3) is 0 Å². The molecule has 0 aromatic heterocycles. The van der Waals surface area contributed by atoms with Gasteiger partial charge in [0.2, 0.25) is 0 Å². The lowest BCUT2D eigenvalue weighted by atomic mass is 9.47. The first-order valence-corrected chi connectivity index (χ1v) is 12.8. The Bertz CT molecular complexity index is 739. The minimum absolute atomic E-state index is 0. The lowest BCUT2D eigenvalue weighted by molar-refractivity contribution is -0.160. The van der Waals surface area contributed by atoms with Crippen LogP contribution in [0.15, 0.2) is 11.6 Å². The average Bonchev–Trinajstić information content (AvgIpc) is 3.35. The van der Waals surface area contributed by atoms with Crippen LogP contribution >= 0.6 is 12.4 Å². The average molecular weight is 449 g/mol. The molecule has 174 valence electrons. The summed E-state index contributed by atoms with van der Waals surface area (Å²) in [5.41, 5.74) is 1.83. The van der Waals surface area contributed by atoms with Crippen LogP contribution in [0.3, 0.4) is 0 Å². The molecule has 0 aromatic carbocycles. The van der Waals surface area contributed by atoms with Crippen LogP contribution in [-0.2, 0) is 14.3 Å². The Morgan fingerprint density at radius 3 is 2.55 bits per heavy atom. The highest BCUT2D eigenvalue weighted by Crippen LogP contribution is 2.65. The summed E-state index contributed by atoms with van der Waals surface area (Å²) in [6.07, 6.45) is 17.8. The van der Waals surface area contributed by atoms with Gasteiger partial charge in [-0.1, -0.05) is 45.1 Å². The van der Waals surface area contributed by atoms with Gasteiger partial charge < -0.3 is 4.74 Å². The Morgan fingerprint density at radius 2 is 1.77 bits per heavy atom. The van der Waals surface area contributed by atoms with Crippen LogP contribution in [0.2, 0.25) is 0 Å². The number of carbonyl (C=O) groups is 2. The van der Waals surface area contributed by atoms with Crippen molar-refractivity contribution < 1.29 is 14.3 Å². The summed E-state index contributed by atoms with van der Waals surface area (Å²) in [6.45, 7) is 4.87. The molecule has 0 bridgehead atoms. The predicted octanol–water partition coefficient (Wildman–Crippen LogP) is 6.82. The summed E-state index contributed by atoms with van der Waals surface area (Å²) >= 11 is 0. The van der Waals surface area contributed by atoms with E-state index >= 15 is 0 Å². The number of halogens is 1. The van der Waals surface area contributed by atoms with Gasteiger partial charge in [-0.3, -0.25) is 9.59 Å². The van der Waals surface area contributed by atoms with Crippen LogP contribution in [0.4, 0.5) is 0 Å². The highest BCUT2D eigenvalue weighted by Gasteiger charge is 2.59. The Morgan fingerprint density at radius 1 is 1.00 bits per heavy atom. The Balaban J connectivity index is 0.00000231.